The molecule has 0 bridgehead atoms. The Kier molecular flexibility index (Phi) is 3.62. The highest BCUT2D eigenvalue weighted by Gasteiger charge is 2.18. The third kappa shape index (κ3) is 2.84. The molecule has 0 radical (unpaired) electrons. The van der Waals surface area contributed by atoms with Crippen molar-refractivity contribution >= 4 is 22.1 Å². The molecule has 1 aliphatic carbocycles. The molecule has 0 aromatic heterocycles. The molecule has 0 saturated heterocycles. The van der Waals surface area contributed by atoms with Gasteiger partial charge in [0, 0.05) is 12.4 Å². The summed E-state index contributed by atoms with van der Waals surface area (Å²) in [7, 11) is 0. The monoisotopic (exact) mass is 256 g/mol. The van der Waals surface area contributed by atoms with Crippen LogP contribution in [0.5, 0.6) is 0 Å². The van der Waals surface area contributed by atoms with Gasteiger partial charge in [0.2, 0.25) is 0 Å². The Morgan fingerprint density at radius 1 is 1.36 bits per heavy atom. The Labute approximate surface area is 94.0 Å². The first-order valence-corrected chi connectivity index (χ1v) is 6.30. The molecule has 1 heterocycles. The zero-order valence-corrected chi connectivity index (χ0v) is 9.96. The SMILES string of the molecule is BrC1=CN[C@H](CC2CCCCC2)C=N1. The van der Waals surface area contributed by atoms with Gasteiger partial charge < -0.3 is 5.32 Å². The lowest BCUT2D eigenvalue weighted by Gasteiger charge is -2.25. The van der Waals surface area contributed by atoms with Gasteiger partial charge in [-0.25, -0.2) is 0 Å². The van der Waals surface area contributed by atoms with Gasteiger partial charge in [-0.05, 0) is 28.3 Å². The van der Waals surface area contributed by atoms with E-state index in [9.17, 15) is 0 Å². The number of rotatable bonds is 2. The Hall–Kier alpha value is -0.310. The van der Waals surface area contributed by atoms with Crippen molar-refractivity contribution in [3.05, 3.63) is 10.8 Å². The van der Waals surface area contributed by atoms with Crippen molar-refractivity contribution in [1.29, 1.82) is 0 Å². The van der Waals surface area contributed by atoms with E-state index in [0.29, 0.717) is 6.04 Å². The topological polar surface area (TPSA) is 24.4 Å². The lowest BCUT2D eigenvalue weighted by molar-refractivity contribution is 0.327. The minimum absolute atomic E-state index is 0.458. The Balaban J connectivity index is 1.78. The lowest BCUT2D eigenvalue weighted by atomic mass is 9.85. The van der Waals surface area contributed by atoms with Crippen LogP contribution in [0.25, 0.3) is 0 Å². The van der Waals surface area contributed by atoms with Crippen molar-refractivity contribution in [3.63, 3.8) is 0 Å². The molecule has 1 aliphatic heterocycles. The lowest BCUT2D eigenvalue weighted by Crippen LogP contribution is -2.31. The van der Waals surface area contributed by atoms with Gasteiger partial charge in [-0.2, -0.15) is 0 Å². The maximum absolute atomic E-state index is 4.27. The molecular weight excluding hydrogens is 240 g/mol. The summed E-state index contributed by atoms with van der Waals surface area (Å²) >= 11 is 3.34. The molecule has 1 saturated carbocycles. The summed E-state index contributed by atoms with van der Waals surface area (Å²) in [6.07, 6.45) is 12.3. The molecule has 3 heteroatoms. The highest BCUT2D eigenvalue weighted by molar-refractivity contribution is 9.11. The van der Waals surface area contributed by atoms with Crippen LogP contribution in [-0.2, 0) is 0 Å². The zero-order valence-electron chi connectivity index (χ0n) is 8.38. The van der Waals surface area contributed by atoms with E-state index in [1.54, 1.807) is 0 Å². The van der Waals surface area contributed by atoms with Crippen LogP contribution in [0.1, 0.15) is 38.5 Å². The Bertz CT molecular complexity index is 242. The average molecular weight is 257 g/mol. The maximum atomic E-state index is 4.27. The molecule has 2 nitrogen and oxygen atoms in total. The van der Waals surface area contributed by atoms with Crippen molar-refractivity contribution in [2.45, 2.75) is 44.6 Å². The normalized spacial score (nSPS) is 28.4. The van der Waals surface area contributed by atoms with E-state index in [1.165, 1.54) is 38.5 Å². The van der Waals surface area contributed by atoms with Crippen LogP contribution in [0, 0.1) is 5.92 Å². The van der Waals surface area contributed by atoms with E-state index in [2.05, 4.69) is 26.2 Å². The molecule has 2 aliphatic rings. The summed E-state index contributed by atoms with van der Waals surface area (Å²) in [5.74, 6) is 0.915. The molecule has 0 aromatic rings. The van der Waals surface area contributed by atoms with Crippen LogP contribution in [0.4, 0.5) is 0 Å². The second kappa shape index (κ2) is 4.96. The van der Waals surface area contributed by atoms with Gasteiger partial charge in [0.05, 0.1) is 6.04 Å². The van der Waals surface area contributed by atoms with Gasteiger partial charge in [-0.1, -0.05) is 32.1 Å². The van der Waals surface area contributed by atoms with Gasteiger partial charge >= 0.3 is 0 Å². The number of hydrogen-bond donors (Lipinski definition) is 1. The fourth-order valence-electron chi connectivity index (χ4n) is 2.33. The molecule has 1 fully saturated rings. The molecule has 2 rings (SSSR count). The van der Waals surface area contributed by atoms with Crippen molar-refractivity contribution in [3.8, 4) is 0 Å². The fourth-order valence-corrected chi connectivity index (χ4v) is 2.58. The van der Waals surface area contributed by atoms with Gasteiger partial charge in [-0.3, -0.25) is 4.99 Å². The molecule has 78 valence electrons. The van der Waals surface area contributed by atoms with Crippen LogP contribution in [0.2, 0.25) is 0 Å². The third-order valence-corrected chi connectivity index (χ3v) is 3.54. The van der Waals surface area contributed by atoms with Gasteiger partial charge in [0.1, 0.15) is 4.61 Å². The molecule has 1 N–H and O–H groups in total. The summed E-state index contributed by atoms with van der Waals surface area (Å²) in [5, 5.41) is 3.36. The van der Waals surface area contributed by atoms with E-state index in [-0.39, 0.29) is 0 Å². The number of halogens is 1. The number of nitrogens with zero attached hydrogens (tertiary/aromatic N) is 1. The summed E-state index contributed by atoms with van der Waals surface area (Å²) in [4.78, 5) is 4.27. The Morgan fingerprint density at radius 3 is 2.79 bits per heavy atom. The van der Waals surface area contributed by atoms with Crippen LogP contribution in [0.3, 0.4) is 0 Å². The molecule has 0 spiro atoms. The summed E-state index contributed by atoms with van der Waals surface area (Å²) in [6.45, 7) is 0. The van der Waals surface area contributed by atoms with Crippen molar-refractivity contribution in [2.24, 2.45) is 10.9 Å². The third-order valence-electron chi connectivity index (χ3n) is 3.11. The molecule has 0 unspecified atom stereocenters. The van der Waals surface area contributed by atoms with Crippen molar-refractivity contribution < 1.29 is 0 Å². The van der Waals surface area contributed by atoms with E-state index >= 15 is 0 Å². The highest BCUT2D eigenvalue weighted by Crippen LogP contribution is 2.27. The predicted molar refractivity (Wildman–Crippen MR) is 63.6 cm³/mol. The average Bonchev–Trinajstić information content (AvgIpc) is 2.23. The quantitative estimate of drug-likeness (QED) is 0.755. The van der Waals surface area contributed by atoms with E-state index in [1.807, 2.05) is 12.4 Å². The molecule has 1 atom stereocenters. The molecule has 14 heavy (non-hydrogen) atoms. The molecule has 0 amide bonds. The van der Waals surface area contributed by atoms with Gasteiger partial charge in [-0.15, -0.1) is 0 Å². The number of nitrogens with one attached hydrogen (secondary N) is 1. The number of aliphatic imine (C=N–C) groups is 1. The largest absolute Gasteiger partial charge is 0.381 e. The molecule has 0 aromatic carbocycles. The first kappa shape index (κ1) is 10.2. The van der Waals surface area contributed by atoms with E-state index in [4.69, 9.17) is 0 Å². The predicted octanol–water partition coefficient (Wildman–Crippen LogP) is 3.19. The zero-order chi connectivity index (χ0) is 9.80. The van der Waals surface area contributed by atoms with Crippen LogP contribution < -0.4 is 5.32 Å². The van der Waals surface area contributed by atoms with Crippen molar-refractivity contribution in [2.75, 3.05) is 0 Å². The van der Waals surface area contributed by atoms with Gasteiger partial charge in [0.25, 0.3) is 0 Å². The highest BCUT2D eigenvalue weighted by atomic mass is 79.9. The fraction of sp³-hybridized carbons (Fsp3) is 0.727. The summed E-state index contributed by atoms with van der Waals surface area (Å²) in [6, 6.07) is 0.458. The smallest absolute Gasteiger partial charge is 0.121 e. The van der Waals surface area contributed by atoms with Crippen LogP contribution in [0.15, 0.2) is 15.8 Å². The summed E-state index contributed by atoms with van der Waals surface area (Å²) < 4.78 is 0.900. The van der Waals surface area contributed by atoms with Crippen LogP contribution in [-0.4, -0.2) is 12.3 Å². The van der Waals surface area contributed by atoms with E-state index < -0.39 is 0 Å². The Morgan fingerprint density at radius 2 is 2.14 bits per heavy atom. The first-order valence-electron chi connectivity index (χ1n) is 5.50. The maximum Gasteiger partial charge on any atom is 0.121 e. The van der Waals surface area contributed by atoms with E-state index in [0.717, 1.165) is 10.5 Å². The van der Waals surface area contributed by atoms with Gasteiger partial charge in [0.15, 0.2) is 0 Å². The minimum atomic E-state index is 0.458. The standard InChI is InChI=1S/C11H17BrN2/c12-11-8-13-10(7-14-11)6-9-4-2-1-3-5-9/h7-10,13H,1-6H2/t10-/m1/s1. The van der Waals surface area contributed by atoms with Crippen molar-refractivity contribution in [1.82, 2.24) is 5.32 Å². The second-order valence-corrected chi connectivity index (χ2v) is 5.07. The first-order chi connectivity index (χ1) is 6.84. The molecular formula is C11H17BrN2. The van der Waals surface area contributed by atoms with Crippen LogP contribution >= 0.6 is 15.9 Å². The summed E-state index contributed by atoms with van der Waals surface area (Å²) in [5.41, 5.74) is 0. The second-order valence-electron chi connectivity index (χ2n) is 4.26. The minimum Gasteiger partial charge on any atom is -0.381 e. The number of hydrogen-bond acceptors (Lipinski definition) is 2.